The molecule has 140 valence electrons. The van der Waals surface area contributed by atoms with E-state index in [0.717, 1.165) is 0 Å². The largest absolute Gasteiger partial charge is 0.496 e. The summed E-state index contributed by atoms with van der Waals surface area (Å²) in [6.07, 6.45) is 0. The number of hydrogen-bond acceptors (Lipinski definition) is 6. The first-order chi connectivity index (χ1) is 12.3. The fraction of sp³-hybridized carbons (Fsp3) is 0.353. The summed E-state index contributed by atoms with van der Waals surface area (Å²) in [7, 11) is 3.05. The van der Waals surface area contributed by atoms with Crippen LogP contribution in [0.15, 0.2) is 27.6 Å². The zero-order chi connectivity index (χ0) is 19.3. The lowest BCUT2D eigenvalue weighted by molar-refractivity contribution is -0.137. The van der Waals surface area contributed by atoms with Crippen LogP contribution in [0.25, 0.3) is 0 Å². The van der Waals surface area contributed by atoms with Gasteiger partial charge in [0.25, 0.3) is 0 Å². The average molecular weight is 362 g/mol. The Hall–Kier alpha value is -3.23. The third-order valence-electron chi connectivity index (χ3n) is 3.76. The maximum atomic E-state index is 11.3. The molecular weight excluding hydrogens is 340 g/mol. The molecule has 9 nitrogen and oxygen atoms in total. The highest BCUT2D eigenvalue weighted by Crippen LogP contribution is 2.29. The van der Waals surface area contributed by atoms with Crippen molar-refractivity contribution in [3.05, 3.63) is 35.2 Å². The Morgan fingerprint density at radius 1 is 1.31 bits per heavy atom. The molecule has 2 rings (SSSR count). The van der Waals surface area contributed by atoms with Gasteiger partial charge >= 0.3 is 12.0 Å². The van der Waals surface area contributed by atoms with E-state index in [2.05, 4.69) is 9.98 Å². The molecule has 1 heterocycles. The van der Waals surface area contributed by atoms with Crippen LogP contribution in [0.3, 0.4) is 0 Å². The number of carbonyl (C=O) groups is 1. The fourth-order valence-electron chi connectivity index (χ4n) is 2.33. The number of carboxylic acids is 1. The number of hydrogen-bond donors (Lipinski definition) is 2. The van der Waals surface area contributed by atoms with E-state index in [4.69, 9.17) is 19.6 Å². The molecule has 0 aliphatic carbocycles. The predicted octanol–water partition coefficient (Wildman–Crippen LogP) is 1.84. The Balaban J connectivity index is 2.37. The Morgan fingerprint density at radius 3 is 2.38 bits per heavy atom. The van der Waals surface area contributed by atoms with E-state index in [1.54, 1.807) is 32.0 Å². The highest BCUT2D eigenvalue weighted by Gasteiger charge is 2.19. The Kier molecular flexibility index (Phi) is 6.05. The number of aromatic nitrogens is 1. The number of carboxylic acid groups (broad SMARTS) is 1. The van der Waals surface area contributed by atoms with Crippen molar-refractivity contribution in [3.63, 3.8) is 0 Å². The van der Waals surface area contributed by atoms with Gasteiger partial charge in [-0.1, -0.05) is 6.07 Å². The van der Waals surface area contributed by atoms with E-state index in [1.807, 2.05) is 0 Å². The van der Waals surface area contributed by atoms with E-state index >= 15 is 0 Å². The third kappa shape index (κ3) is 4.44. The summed E-state index contributed by atoms with van der Waals surface area (Å²) in [4.78, 5) is 20.9. The SMILES string of the molecule is COc1cccc(OC)c1CN(CC(=O)O)C(N)=Nc1nc(C)c(C)o1. The molecule has 0 aliphatic heterocycles. The Labute approximate surface area is 151 Å². The van der Waals surface area contributed by atoms with Crippen molar-refractivity contribution < 1.29 is 23.8 Å². The third-order valence-corrected chi connectivity index (χ3v) is 3.76. The molecule has 1 aromatic heterocycles. The van der Waals surface area contributed by atoms with Gasteiger partial charge < -0.3 is 29.6 Å². The molecule has 0 spiro atoms. The molecule has 1 aromatic carbocycles. The lowest BCUT2D eigenvalue weighted by atomic mass is 10.1. The first-order valence-electron chi connectivity index (χ1n) is 7.80. The minimum Gasteiger partial charge on any atom is -0.496 e. The van der Waals surface area contributed by atoms with E-state index in [9.17, 15) is 9.90 Å². The first kappa shape index (κ1) is 19.1. The van der Waals surface area contributed by atoms with Crippen LogP contribution in [0.1, 0.15) is 17.0 Å². The molecular formula is C17H22N4O5. The van der Waals surface area contributed by atoms with Gasteiger partial charge in [-0.15, -0.1) is 0 Å². The molecule has 0 bridgehead atoms. The van der Waals surface area contributed by atoms with Crippen molar-refractivity contribution in [3.8, 4) is 11.5 Å². The second kappa shape index (κ2) is 8.24. The number of aliphatic imine (C=N–C) groups is 1. The number of guanidine groups is 1. The summed E-state index contributed by atoms with van der Waals surface area (Å²) < 4.78 is 16.1. The van der Waals surface area contributed by atoms with Crippen LogP contribution in [-0.4, -0.2) is 47.7 Å². The van der Waals surface area contributed by atoms with Gasteiger partial charge in [0.15, 0.2) is 0 Å². The standard InChI is InChI=1S/C17H22N4O5/c1-10-11(2)26-17(19-10)20-16(18)21(9-15(22)23)8-12-13(24-3)6-5-7-14(12)25-4/h5-7H,8-9H2,1-4H3,(H,22,23)(H2,18,19,20). The monoisotopic (exact) mass is 362 g/mol. The van der Waals surface area contributed by atoms with Crippen LogP contribution < -0.4 is 15.2 Å². The van der Waals surface area contributed by atoms with Crippen molar-refractivity contribution >= 4 is 17.9 Å². The van der Waals surface area contributed by atoms with Gasteiger partial charge in [0.2, 0.25) is 5.96 Å². The lowest BCUT2D eigenvalue weighted by Gasteiger charge is -2.23. The molecule has 3 N–H and O–H groups in total. The van der Waals surface area contributed by atoms with Gasteiger partial charge in [0.1, 0.15) is 23.8 Å². The van der Waals surface area contributed by atoms with Gasteiger partial charge in [0.05, 0.1) is 32.0 Å². The topological polar surface area (TPSA) is 123 Å². The summed E-state index contributed by atoms with van der Waals surface area (Å²) in [5.74, 6) is 0.622. The molecule has 9 heteroatoms. The maximum Gasteiger partial charge on any atom is 0.325 e. The Bertz CT molecular complexity index is 774. The summed E-state index contributed by atoms with van der Waals surface area (Å²) in [6.45, 7) is 3.29. The van der Waals surface area contributed by atoms with Crippen LogP contribution >= 0.6 is 0 Å². The number of nitrogens with two attached hydrogens (primary N) is 1. The molecule has 0 atom stereocenters. The highest BCUT2D eigenvalue weighted by molar-refractivity contribution is 5.84. The number of ether oxygens (including phenoxy) is 2. The summed E-state index contributed by atoms with van der Waals surface area (Å²) >= 11 is 0. The number of oxazole rings is 1. The van der Waals surface area contributed by atoms with E-state index in [1.165, 1.54) is 19.1 Å². The number of nitrogens with zero attached hydrogens (tertiary/aromatic N) is 3. The second-order valence-electron chi connectivity index (χ2n) is 5.50. The first-order valence-corrected chi connectivity index (χ1v) is 7.80. The summed E-state index contributed by atoms with van der Waals surface area (Å²) in [5, 5.41) is 9.22. The van der Waals surface area contributed by atoms with Gasteiger partial charge in [-0.05, 0) is 26.0 Å². The zero-order valence-electron chi connectivity index (χ0n) is 15.1. The summed E-state index contributed by atoms with van der Waals surface area (Å²) in [5.41, 5.74) is 7.36. The van der Waals surface area contributed by atoms with Crippen molar-refractivity contribution in [1.82, 2.24) is 9.88 Å². The van der Waals surface area contributed by atoms with Gasteiger partial charge in [0, 0.05) is 0 Å². The molecule has 0 radical (unpaired) electrons. The number of aryl methyl sites for hydroxylation is 2. The van der Waals surface area contributed by atoms with Crippen molar-refractivity contribution in [1.29, 1.82) is 0 Å². The van der Waals surface area contributed by atoms with E-state index in [0.29, 0.717) is 28.5 Å². The second-order valence-corrected chi connectivity index (χ2v) is 5.50. The van der Waals surface area contributed by atoms with Crippen LogP contribution in [0.2, 0.25) is 0 Å². The van der Waals surface area contributed by atoms with Crippen LogP contribution in [-0.2, 0) is 11.3 Å². The molecule has 0 saturated heterocycles. The summed E-state index contributed by atoms with van der Waals surface area (Å²) in [6, 6.07) is 5.36. The minimum absolute atomic E-state index is 0.0402. The maximum absolute atomic E-state index is 11.3. The lowest BCUT2D eigenvalue weighted by Crippen LogP contribution is -2.40. The highest BCUT2D eigenvalue weighted by atomic mass is 16.5. The van der Waals surface area contributed by atoms with E-state index < -0.39 is 5.97 Å². The van der Waals surface area contributed by atoms with Crippen LogP contribution in [0.5, 0.6) is 11.5 Å². The van der Waals surface area contributed by atoms with Crippen molar-refractivity contribution in [2.75, 3.05) is 20.8 Å². The minimum atomic E-state index is -1.06. The molecule has 0 saturated carbocycles. The van der Waals surface area contributed by atoms with Gasteiger partial charge in [-0.25, -0.2) is 0 Å². The number of benzene rings is 1. The van der Waals surface area contributed by atoms with Crippen LogP contribution in [0.4, 0.5) is 6.01 Å². The molecule has 0 fully saturated rings. The van der Waals surface area contributed by atoms with Gasteiger partial charge in [-0.2, -0.15) is 9.98 Å². The smallest absolute Gasteiger partial charge is 0.325 e. The fourth-order valence-corrected chi connectivity index (χ4v) is 2.33. The number of aliphatic carboxylic acids is 1. The molecule has 2 aromatic rings. The zero-order valence-corrected chi connectivity index (χ0v) is 15.1. The molecule has 26 heavy (non-hydrogen) atoms. The van der Waals surface area contributed by atoms with E-state index in [-0.39, 0.29) is 25.1 Å². The number of rotatable bonds is 7. The number of methoxy groups -OCH3 is 2. The normalized spacial score (nSPS) is 11.3. The predicted molar refractivity (Wildman–Crippen MR) is 94.9 cm³/mol. The van der Waals surface area contributed by atoms with Crippen LogP contribution in [0, 0.1) is 13.8 Å². The molecule has 0 unspecified atom stereocenters. The molecule has 0 aliphatic rings. The average Bonchev–Trinajstić information content (AvgIpc) is 2.91. The molecule has 0 amide bonds. The van der Waals surface area contributed by atoms with Gasteiger partial charge in [-0.3, -0.25) is 4.79 Å². The van der Waals surface area contributed by atoms with Crippen molar-refractivity contribution in [2.45, 2.75) is 20.4 Å². The Morgan fingerprint density at radius 2 is 1.92 bits per heavy atom. The van der Waals surface area contributed by atoms with Crippen molar-refractivity contribution in [2.24, 2.45) is 10.7 Å². The quantitative estimate of drug-likeness (QED) is 0.565.